The van der Waals surface area contributed by atoms with Crippen molar-refractivity contribution in [2.45, 2.75) is 25.6 Å². The highest BCUT2D eigenvalue weighted by molar-refractivity contribution is 6.29. The van der Waals surface area contributed by atoms with Crippen molar-refractivity contribution >= 4 is 17.8 Å². The molecule has 1 aromatic heterocycles. The molecule has 2 heterocycles. The second kappa shape index (κ2) is 8.83. The first kappa shape index (κ1) is 17.7. The monoisotopic (exact) mass is 360 g/mol. The maximum Gasteiger partial charge on any atom is 0.161 e. The van der Waals surface area contributed by atoms with Crippen LogP contribution in [0.5, 0.6) is 11.5 Å². The van der Waals surface area contributed by atoms with E-state index in [1.54, 1.807) is 19.4 Å². The normalized spacial score (nSPS) is 17.1. The van der Waals surface area contributed by atoms with Gasteiger partial charge in [-0.3, -0.25) is 4.99 Å². The summed E-state index contributed by atoms with van der Waals surface area (Å²) < 4.78 is 16.8. The minimum atomic E-state index is 0.258. The van der Waals surface area contributed by atoms with Gasteiger partial charge >= 0.3 is 0 Å². The van der Waals surface area contributed by atoms with Crippen molar-refractivity contribution in [2.24, 2.45) is 4.99 Å². The van der Waals surface area contributed by atoms with E-state index in [0.29, 0.717) is 29.8 Å². The maximum absolute atomic E-state index is 5.82. The van der Waals surface area contributed by atoms with Crippen LogP contribution in [0.25, 0.3) is 0 Å². The Morgan fingerprint density at radius 1 is 1.32 bits per heavy atom. The molecule has 1 unspecified atom stereocenters. The molecule has 0 bridgehead atoms. The first-order chi connectivity index (χ1) is 12.2. The number of halogens is 1. The molecule has 0 aliphatic carbocycles. The molecular weight excluding hydrogens is 340 g/mol. The number of aliphatic imine (C=N–C) groups is 1. The van der Waals surface area contributed by atoms with E-state index in [1.807, 2.05) is 30.5 Å². The highest BCUT2D eigenvalue weighted by atomic mass is 35.5. The molecule has 5 nitrogen and oxygen atoms in total. The molecule has 3 rings (SSSR count). The van der Waals surface area contributed by atoms with Crippen LogP contribution in [-0.4, -0.2) is 37.6 Å². The van der Waals surface area contributed by atoms with Crippen LogP contribution in [0.15, 0.2) is 41.5 Å². The Kier molecular flexibility index (Phi) is 6.25. The van der Waals surface area contributed by atoms with E-state index in [-0.39, 0.29) is 6.10 Å². The first-order valence-corrected chi connectivity index (χ1v) is 8.65. The van der Waals surface area contributed by atoms with E-state index in [4.69, 9.17) is 25.8 Å². The Hall–Kier alpha value is -2.11. The molecule has 1 saturated heterocycles. The molecule has 1 aliphatic rings. The van der Waals surface area contributed by atoms with Crippen LogP contribution in [0.3, 0.4) is 0 Å². The van der Waals surface area contributed by atoms with Crippen molar-refractivity contribution in [2.75, 3.05) is 20.3 Å². The van der Waals surface area contributed by atoms with Gasteiger partial charge in [-0.25, -0.2) is 4.98 Å². The summed E-state index contributed by atoms with van der Waals surface area (Å²) in [5.41, 5.74) is 1.91. The average molecular weight is 361 g/mol. The summed E-state index contributed by atoms with van der Waals surface area (Å²) in [6.45, 7) is 1.94. The highest BCUT2D eigenvalue weighted by Gasteiger charge is 2.14. The topological polar surface area (TPSA) is 52.9 Å². The van der Waals surface area contributed by atoms with Gasteiger partial charge in [0.2, 0.25) is 0 Å². The first-order valence-electron chi connectivity index (χ1n) is 8.27. The maximum atomic E-state index is 5.82. The van der Waals surface area contributed by atoms with Gasteiger partial charge in [0.15, 0.2) is 11.5 Å². The molecule has 1 aliphatic heterocycles. The zero-order chi connectivity index (χ0) is 17.5. The molecule has 0 N–H and O–H groups in total. The number of ether oxygens (including phenoxy) is 3. The minimum Gasteiger partial charge on any atom is -0.493 e. The average Bonchev–Trinajstić information content (AvgIpc) is 3.15. The second-order valence-corrected chi connectivity index (χ2v) is 6.20. The van der Waals surface area contributed by atoms with Crippen LogP contribution in [0.4, 0.5) is 0 Å². The van der Waals surface area contributed by atoms with E-state index in [2.05, 4.69) is 9.98 Å². The number of pyridine rings is 1. The number of hydrogen-bond acceptors (Lipinski definition) is 5. The van der Waals surface area contributed by atoms with Gasteiger partial charge in [0.1, 0.15) is 11.8 Å². The Labute approximate surface area is 152 Å². The van der Waals surface area contributed by atoms with Gasteiger partial charge in [0, 0.05) is 24.6 Å². The SMILES string of the molecule is COc1cc(C=NCC2CCCO2)ccc1OCc1ccc(Cl)nc1. The fourth-order valence-corrected chi connectivity index (χ4v) is 2.71. The van der Waals surface area contributed by atoms with Crippen LogP contribution >= 0.6 is 11.6 Å². The second-order valence-electron chi connectivity index (χ2n) is 5.82. The summed E-state index contributed by atoms with van der Waals surface area (Å²) in [6, 6.07) is 9.38. The molecule has 2 aromatic rings. The van der Waals surface area contributed by atoms with Gasteiger partial charge in [-0.15, -0.1) is 0 Å². The van der Waals surface area contributed by atoms with Crippen LogP contribution < -0.4 is 9.47 Å². The van der Waals surface area contributed by atoms with Gasteiger partial charge in [-0.2, -0.15) is 0 Å². The third-order valence-corrected chi connectivity index (χ3v) is 4.17. The third kappa shape index (κ3) is 5.18. The zero-order valence-electron chi connectivity index (χ0n) is 14.2. The molecule has 0 spiro atoms. The number of methoxy groups -OCH3 is 1. The van der Waals surface area contributed by atoms with Crippen molar-refractivity contribution in [3.8, 4) is 11.5 Å². The number of hydrogen-bond donors (Lipinski definition) is 0. The molecule has 132 valence electrons. The van der Waals surface area contributed by atoms with Gasteiger partial charge in [0.05, 0.1) is 19.8 Å². The number of benzene rings is 1. The van der Waals surface area contributed by atoms with E-state index in [0.717, 1.165) is 30.6 Å². The Morgan fingerprint density at radius 2 is 2.24 bits per heavy atom. The summed E-state index contributed by atoms with van der Waals surface area (Å²) in [4.78, 5) is 8.50. The van der Waals surface area contributed by atoms with Crippen LogP contribution in [0, 0.1) is 0 Å². The van der Waals surface area contributed by atoms with Crippen molar-refractivity contribution in [1.82, 2.24) is 4.98 Å². The van der Waals surface area contributed by atoms with Crippen molar-refractivity contribution in [3.63, 3.8) is 0 Å². The fourth-order valence-electron chi connectivity index (χ4n) is 2.60. The highest BCUT2D eigenvalue weighted by Crippen LogP contribution is 2.28. The van der Waals surface area contributed by atoms with Crippen molar-refractivity contribution in [3.05, 3.63) is 52.8 Å². The Bertz CT molecular complexity index is 713. The molecule has 0 radical (unpaired) electrons. The van der Waals surface area contributed by atoms with Gasteiger partial charge in [-0.05, 0) is 42.7 Å². The predicted octanol–water partition coefficient (Wildman–Crippen LogP) is 3.92. The smallest absolute Gasteiger partial charge is 0.161 e. The summed E-state index contributed by atoms with van der Waals surface area (Å²) >= 11 is 5.78. The number of aromatic nitrogens is 1. The Balaban J connectivity index is 1.60. The van der Waals surface area contributed by atoms with E-state index in [1.165, 1.54) is 0 Å². The van der Waals surface area contributed by atoms with Crippen LogP contribution in [0.2, 0.25) is 5.15 Å². The lowest BCUT2D eigenvalue weighted by Gasteiger charge is -2.11. The number of rotatable bonds is 7. The molecule has 0 amide bonds. The van der Waals surface area contributed by atoms with Gasteiger partial charge in [0.25, 0.3) is 0 Å². The van der Waals surface area contributed by atoms with E-state index < -0.39 is 0 Å². The summed E-state index contributed by atoms with van der Waals surface area (Å²) in [5, 5.41) is 0.466. The molecule has 1 aromatic carbocycles. The van der Waals surface area contributed by atoms with Gasteiger partial charge < -0.3 is 14.2 Å². The summed E-state index contributed by atoms with van der Waals surface area (Å²) in [6.07, 6.45) is 6.02. The van der Waals surface area contributed by atoms with Crippen molar-refractivity contribution < 1.29 is 14.2 Å². The molecule has 0 saturated carbocycles. The fraction of sp³-hybridized carbons (Fsp3) is 0.368. The zero-order valence-corrected chi connectivity index (χ0v) is 14.9. The molecular formula is C19H21ClN2O3. The van der Waals surface area contributed by atoms with E-state index >= 15 is 0 Å². The lowest BCUT2D eigenvalue weighted by Crippen LogP contribution is -2.08. The summed E-state index contributed by atoms with van der Waals surface area (Å²) in [7, 11) is 1.62. The van der Waals surface area contributed by atoms with Crippen LogP contribution in [-0.2, 0) is 11.3 Å². The number of nitrogens with zero attached hydrogens (tertiary/aromatic N) is 2. The van der Waals surface area contributed by atoms with Crippen molar-refractivity contribution in [1.29, 1.82) is 0 Å². The van der Waals surface area contributed by atoms with Crippen LogP contribution in [0.1, 0.15) is 24.0 Å². The molecule has 1 atom stereocenters. The largest absolute Gasteiger partial charge is 0.493 e. The standard InChI is InChI=1S/C19H21ClN2O3/c1-23-18-9-14(10-21-12-16-3-2-8-24-16)4-6-17(18)25-13-15-5-7-19(20)22-11-15/h4-7,9-11,16H,2-3,8,12-13H2,1H3. The molecule has 1 fully saturated rings. The lowest BCUT2D eigenvalue weighted by molar-refractivity contribution is 0.118. The van der Waals surface area contributed by atoms with E-state index in [9.17, 15) is 0 Å². The molecule has 25 heavy (non-hydrogen) atoms. The molecule has 6 heteroatoms. The lowest BCUT2D eigenvalue weighted by atomic mass is 10.2. The minimum absolute atomic E-state index is 0.258. The Morgan fingerprint density at radius 3 is 2.96 bits per heavy atom. The quantitative estimate of drug-likeness (QED) is 0.554. The third-order valence-electron chi connectivity index (χ3n) is 3.94. The van der Waals surface area contributed by atoms with Gasteiger partial charge in [-0.1, -0.05) is 17.7 Å². The summed E-state index contributed by atoms with van der Waals surface area (Å²) in [5.74, 6) is 1.34. The predicted molar refractivity (Wildman–Crippen MR) is 98.0 cm³/mol.